The number of amides is 2. The van der Waals surface area contributed by atoms with Crippen molar-refractivity contribution in [2.24, 2.45) is 0 Å². The van der Waals surface area contributed by atoms with Gasteiger partial charge in [0.25, 0.3) is 0 Å². The fraction of sp³-hybridized carbons (Fsp3) is 0.222. The van der Waals surface area contributed by atoms with Crippen LogP contribution in [0.25, 0.3) is 0 Å². The molecule has 0 fully saturated rings. The van der Waals surface area contributed by atoms with Gasteiger partial charge in [0, 0.05) is 12.5 Å². The first-order valence-corrected chi connectivity index (χ1v) is 11.1. The average Bonchev–Trinajstić information content (AvgIpc) is 2.82. The summed E-state index contributed by atoms with van der Waals surface area (Å²) in [6.07, 6.45) is -0.109. The smallest absolute Gasteiger partial charge is 0.329 e. The van der Waals surface area contributed by atoms with E-state index in [4.69, 9.17) is 4.74 Å². The van der Waals surface area contributed by atoms with Gasteiger partial charge in [0.15, 0.2) is 0 Å². The number of carbonyl (C=O) groups excluding carboxylic acids is 3. The molecule has 0 aliphatic heterocycles. The van der Waals surface area contributed by atoms with Crippen LogP contribution in [0.5, 0.6) is 0 Å². The van der Waals surface area contributed by atoms with Crippen LogP contribution in [0, 0.1) is 11.6 Å². The zero-order chi connectivity index (χ0) is 25.2. The number of benzene rings is 3. The third-order valence-electron chi connectivity index (χ3n) is 5.17. The quantitative estimate of drug-likeness (QED) is 0.435. The summed E-state index contributed by atoms with van der Waals surface area (Å²) < 4.78 is 32.1. The van der Waals surface area contributed by atoms with E-state index in [-0.39, 0.29) is 25.0 Å². The first-order valence-electron chi connectivity index (χ1n) is 11.1. The highest BCUT2D eigenvalue weighted by atomic mass is 19.1. The Bertz CT molecular complexity index is 1140. The minimum Gasteiger partial charge on any atom is -0.459 e. The zero-order valence-corrected chi connectivity index (χ0v) is 19.2. The number of carbonyl (C=O) groups is 3. The number of hydrogen-bond donors (Lipinski definition) is 2. The summed E-state index contributed by atoms with van der Waals surface area (Å²) >= 11 is 0. The summed E-state index contributed by atoms with van der Waals surface area (Å²) in [5.41, 5.74) is 1.76. The maximum absolute atomic E-state index is 13.4. The predicted octanol–water partition coefficient (Wildman–Crippen LogP) is 3.48. The topological polar surface area (TPSA) is 84.5 Å². The minimum absolute atomic E-state index is 0.0529. The second-order valence-electron chi connectivity index (χ2n) is 8.09. The largest absolute Gasteiger partial charge is 0.459 e. The molecule has 3 rings (SSSR count). The SMILES string of the molecule is C[C@H](NC(=O)Cc1cc(F)cc(F)c1)C(=O)N[C@@H](Cc1ccccc1)C(=O)OCc1ccccc1. The summed E-state index contributed by atoms with van der Waals surface area (Å²) in [5, 5.41) is 5.13. The molecule has 3 aromatic rings. The van der Waals surface area contributed by atoms with Crippen molar-refractivity contribution in [2.75, 3.05) is 0 Å². The fourth-order valence-corrected chi connectivity index (χ4v) is 3.43. The highest BCUT2D eigenvalue weighted by Crippen LogP contribution is 2.10. The van der Waals surface area contributed by atoms with E-state index in [2.05, 4.69) is 10.6 Å². The molecule has 0 radical (unpaired) electrons. The van der Waals surface area contributed by atoms with Crippen molar-refractivity contribution in [3.05, 3.63) is 107 Å². The molecule has 3 aromatic carbocycles. The summed E-state index contributed by atoms with van der Waals surface area (Å²) in [5.74, 6) is -3.39. The molecule has 0 unspecified atom stereocenters. The van der Waals surface area contributed by atoms with Crippen LogP contribution in [0.3, 0.4) is 0 Å². The fourth-order valence-electron chi connectivity index (χ4n) is 3.43. The van der Waals surface area contributed by atoms with Gasteiger partial charge in [0.2, 0.25) is 11.8 Å². The van der Waals surface area contributed by atoms with Crippen LogP contribution in [-0.2, 0) is 38.6 Å². The van der Waals surface area contributed by atoms with Gasteiger partial charge < -0.3 is 15.4 Å². The molecule has 182 valence electrons. The number of ether oxygens (including phenoxy) is 1. The van der Waals surface area contributed by atoms with Gasteiger partial charge in [-0.3, -0.25) is 9.59 Å². The van der Waals surface area contributed by atoms with Gasteiger partial charge in [-0.25, -0.2) is 13.6 Å². The first kappa shape index (κ1) is 25.6. The molecule has 6 nitrogen and oxygen atoms in total. The van der Waals surface area contributed by atoms with Gasteiger partial charge in [-0.1, -0.05) is 60.7 Å². The van der Waals surface area contributed by atoms with Crippen molar-refractivity contribution in [1.82, 2.24) is 10.6 Å². The Hall–Kier alpha value is -4.07. The van der Waals surface area contributed by atoms with E-state index in [0.29, 0.717) is 6.07 Å². The van der Waals surface area contributed by atoms with E-state index in [1.54, 1.807) is 0 Å². The molecule has 2 amide bonds. The normalized spacial score (nSPS) is 12.3. The van der Waals surface area contributed by atoms with E-state index in [0.717, 1.165) is 23.3 Å². The Kier molecular flexibility index (Phi) is 9.06. The van der Waals surface area contributed by atoms with Crippen molar-refractivity contribution in [3.63, 3.8) is 0 Å². The van der Waals surface area contributed by atoms with Gasteiger partial charge in [-0.05, 0) is 35.7 Å². The molecule has 8 heteroatoms. The van der Waals surface area contributed by atoms with Crippen LogP contribution in [0.15, 0.2) is 78.9 Å². The van der Waals surface area contributed by atoms with Crippen molar-refractivity contribution in [1.29, 1.82) is 0 Å². The second kappa shape index (κ2) is 12.4. The van der Waals surface area contributed by atoms with E-state index >= 15 is 0 Å². The number of rotatable bonds is 10. The Morgan fingerprint density at radius 2 is 1.37 bits per heavy atom. The molecule has 0 aliphatic carbocycles. The summed E-state index contributed by atoms with van der Waals surface area (Å²) in [7, 11) is 0. The average molecular weight is 481 g/mol. The van der Waals surface area contributed by atoms with Crippen LogP contribution < -0.4 is 10.6 Å². The van der Waals surface area contributed by atoms with Crippen molar-refractivity contribution in [2.45, 2.75) is 38.5 Å². The lowest BCUT2D eigenvalue weighted by molar-refractivity contribution is -0.149. The van der Waals surface area contributed by atoms with E-state index < -0.39 is 41.5 Å². The molecule has 0 saturated heterocycles. The lowest BCUT2D eigenvalue weighted by atomic mass is 10.1. The number of esters is 1. The maximum Gasteiger partial charge on any atom is 0.329 e. The van der Waals surface area contributed by atoms with Crippen LogP contribution in [-0.4, -0.2) is 29.9 Å². The maximum atomic E-state index is 13.4. The van der Waals surface area contributed by atoms with Crippen molar-refractivity contribution >= 4 is 17.8 Å². The van der Waals surface area contributed by atoms with Gasteiger partial charge in [-0.15, -0.1) is 0 Å². The lowest BCUT2D eigenvalue weighted by Gasteiger charge is -2.21. The Balaban J connectivity index is 1.61. The molecule has 35 heavy (non-hydrogen) atoms. The standard InChI is InChI=1S/C27H26F2N2O4/c1-18(30-25(32)15-21-12-22(28)16-23(29)13-21)26(33)31-24(14-19-8-4-2-5-9-19)27(34)35-17-20-10-6-3-7-11-20/h2-13,16,18,24H,14-15,17H2,1H3,(H,30,32)(H,31,33)/t18-,24-/m0/s1. The second-order valence-corrected chi connectivity index (χ2v) is 8.09. The van der Waals surface area contributed by atoms with Crippen molar-refractivity contribution < 1.29 is 27.9 Å². The molecule has 0 heterocycles. The van der Waals surface area contributed by atoms with Crippen molar-refractivity contribution in [3.8, 4) is 0 Å². The molecule has 0 bridgehead atoms. The number of halogens is 2. The van der Waals surface area contributed by atoms with Gasteiger partial charge in [0.05, 0.1) is 6.42 Å². The van der Waals surface area contributed by atoms with Gasteiger partial charge in [-0.2, -0.15) is 0 Å². The van der Waals surface area contributed by atoms with E-state index in [9.17, 15) is 23.2 Å². The molecule has 0 spiro atoms. The molecular formula is C27H26F2N2O4. The summed E-state index contributed by atoms with van der Waals surface area (Å²) in [6.45, 7) is 1.51. The van der Waals surface area contributed by atoms with Crippen LogP contribution in [0.4, 0.5) is 8.78 Å². The Morgan fingerprint density at radius 1 is 0.800 bits per heavy atom. The Labute approximate surface area is 202 Å². The van der Waals surface area contributed by atoms with E-state index in [1.165, 1.54) is 6.92 Å². The molecule has 2 N–H and O–H groups in total. The molecule has 0 saturated carbocycles. The number of hydrogen-bond acceptors (Lipinski definition) is 4. The third-order valence-corrected chi connectivity index (χ3v) is 5.17. The molecule has 0 aliphatic rings. The highest BCUT2D eigenvalue weighted by Gasteiger charge is 2.26. The van der Waals surface area contributed by atoms with Gasteiger partial charge in [0.1, 0.15) is 30.3 Å². The zero-order valence-electron chi connectivity index (χ0n) is 19.2. The third kappa shape index (κ3) is 8.33. The minimum atomic E-state index is -0.999. The molecular weight excluding hydrogens is 454 g/mol. The predicted molar refractivity (Wildman–Crippen MR) is 126 cm³/mol. The summed E-state index contributed by atoms with van der Waals surface area (Å²) in [4.78, 5) is 37.9. The highest BCUT2D eigenvalue weighted by molar-refractivity contribution is 5.91. The molecule has 0 aromatic heterocycles. The van der Waals surface area contributed by atoms with Gasteiger partial charge >= 0.3 is 5.97 Å². The first-order chi connectivity index (χ1) is 16.8. The number of nitrogens with one attached hydrogen (secondary N) is 2. The Morgan fingerprint density at radius 3 is 1.97 bits per heavy atom. The monoisotopic (exact) mass is 480 g/mol. The van der Waals surface area contributed by atoms with Crippen LogP contribution in [0.1, 0.15) is 23.6 Å². The molecule has 2 atom stereocenters. The van der Waals surface area contributed by atoms with E-state index in [1.807, 2.05) is 60.7 Å². The lowest BCUT2D eigenvalue weighted by Crippen LogP contribution is -2.51. The summed E-state index contributed by atoms with van der Waals surface area (Å²) in [6, 6.07) is 19.1. The van der Waals surface area contributed by atoms with Crippen LogP contribution >= 0.6 is 0 Å². The van der Waals surface area contributed by atoms with Crippen LogP contribution in [0.2, 0.25) is 0 Å².